The van der Waals surface area contributed by atoms with E-state index in [1.165, 1.54) is 36.1 Å². The predicted molar refractivity (Wildman–Crippen MR) is 81.0 cm³/mol. The van der Waals surface area contributed by atoms with Crippen LogP contribution in [-0.4, -0.2) is 31.8 Å². The molecule has 3 rings (SSSR count). The molecule has 4 heteroatoms. The first-order valence-electron chi connectivity index (χ1n) is 7.78. The highest BCUT2D eigenvalue weighted by atomic mass is 16.5. The van der Waals surface area contributed by atoms with Gasteiger partial charge in [0, 0.05) is 38.0 Å². The molecule has 2 aliphatic rings. The van der Waals surface area contributed by atoms with Crippen LogP contribution in [-0.2, 0) is 24.1 Å². The van der Waals surface area contributed by atoms with E-state index in [9.17, 15) is 0 Å². The van der Waals surface area contributed by atoms with Gasteiger partial charge in [-0.1, -0.05) is 0 Å². The first kappa shape index (κ1) is 13.8. The van der Waals surface area contributed by atoms with Crippen LogP contribution < -0.4 is 10.6 Å². The number of nitrogens with two attached hydrogens (primary N) is 1. The maximum atomic E-state index is 5.92. The third kappa shape index (κ3) is 2.81. The molecule has 0 bridgehead atoms. The lowest BCUT2D eigenvalue weighted by molar-refractivity contribution is 0.0576. The van der Waals surface area contributed by atoms with Crippen molar-refractivity contribution in [2.24, 2.45) is 11.7 Å². The molecule has 0 aromatic carbocycles. The molecule has 2 heterocycles. The first-order chi connectivity index (χ1) is 9.78. The molecule has 0 radical (unpaired) electrons. The Morgan fingerprint density at radius 2 is 2.30 bits per heavy atom. The highest BCUT2D eigenvalue weighted by molar-refractivity contribution is 5.50. The van der Waals surface area contributed by atoms with E-state index in [0.717, 1.165) is 38.4 Å². The topological polar surface area (TPSA) is 51.4 Å². The average Bonchev–Trinajstić information content (AvgIpc) is 2.94. The van der Waals surface area contributed by atoms with Crippen LogP contribution in [0.15, 0.2) is 6.07 Å². The summed E-state index contributed by atoms with van der Waals surface area (Å²) in [5.41, 5.74) is 9.80. The Morgan fingerprint density at radius 3 is 3.05 bits per heavy atom. The van der Waals surface area contributed by atoms with Gasteiger partial charge in [-0.05, 0) is 49.7 Å². The fraction of sp³-hybridized carbons (Fsp3) is 0.688. The Bertz CT molecular complexity index is 469. The van der Waals surface area contributed by atoms with Crippen LogP contribution in [0.1, 0.15) is 36.1 Å². The molecule has 1 fully saturated rings. The smallest absolute Gasteiger partial charge is 0.133 e. The zero-order chi connectivity index (χ0) is 13.9. The van der Waals surface area contributed by atoms with Crippen LogP contribution in [0.2, 0.25) is 0 Å². The van der Waals surface area contributed by atoms with Gasteiger partial charge in [-0.2, -0.15) is 0 Å². The van der Waals surface area contributed by atoms with E-state index in [-0.39, 0.29) is 0 Å². The van der Waals surface area contributed by atoms with E-state index in [4.69, 9.17) is 15.5 Å². The van der Waals surface area contributed by atoms with Gasteiger partial charge in [0.05, 0.1) is 6.61 Å². The molecular formula is C16H25N3O. The summed E-state index contributed by atoms with van der Waals surface area (Å²) < 4.78 is 5.58. The number of aromatic nitrogens is 1. The first-order valence-corrected chi connectivity index (χ1v) is 7.78. The van der Waals surface area contributed by atoms with Crippen LogP contribution in [0.3, 0.4) is 0 Å². The molecule has 20 heavy (non-hydrogen) atoms. The van der Waals surface area contributed by atoms with E-state index in [1.54, 1.807) is 0 Å². The Hall–Kier alpha value is -1.13. The number of rotatable bonds is 4. The molecule has 1 aromatic rings. The molecule has 0 spiro atoms. The van der Waals surface area contributed by atoms with Crippen molar-refractivity contribution in [3.63, 3.8) is 0 Å². The lowest BCUT2D eigenvalue weighted by atomic mass is 10.0. The standard InChI is InChI=1S/C16H25N3O/c1-19(10-12-4-3-7-20-11-12)16-14(9-17)8-13-5-2-6-15(13)18-16/h8,12H,2-7,9-11,17H2,1H3. The number of nitrogens with zero attached hydrogens (tertiary/aromatic N) is 2. The van der Waals surface area contributed by atoms with E-state index in [1.807, 2.05) is 0 Å². The Labute approximate surface area is 121 Å². The van der Waals surface area contributed by atoms with Gasteiger partial charge in [0.25, 0.3) is 0 Å². The lowest BCUT2D eigenvalue weighted by Crippen LogP contribution is -2.32. The van der Waals surface area contributed by atoms with Crippen LogP contribution in [0.4, 0.5) is 5.82 Å². The summed E-state index contributed by atoms with van der Waals surface area (Å²) in [7, 11) is 2.14. The molecule has 1 aromatic heterocycles. The minimum Gasteiger partial charge on any atom is -0.381 e. The Kier molecular flexibility index (Phi) is 4.22. The molecule has 1 saturated heterocycles. The quantitative estimate of drug-likeness (QED) is 0.911. The van der Waals surface area contributed by atoms with Gasteiger partial charge < -0.3 is 15.4 Å². The largest absolute Gasteiger partial charge is 0.381 e. The van der Waals surface area contributed by atoms with Crippen LogP contribution in [0.5, 0.6) is 0 Å². The number of hydrogen-bond acceptors (Lipinski definition) is 4. The molecule has 1 atom stereocenters. The van der Waals surface area contributed by atoms with Crippen LogP contribution in [0.25, 0.3) is 0 Å². The summed E-state index contributed by atoms with van der Waals surface area (Å²) in [5.74, 6) is 1.70. The van der Waals surface area contributed by atoms with Crippen molar-refractivity contribution in [1.29, 1.82) is 0 Å². The summed E-state index contributed by atoms with van der Waals surface area (Å²) in [6, 6.07) is 2.28. The zero-order valence-electron chi connectivity index (χ0n) is 12.4. The summed E-state index contributed by atoms with van der Waals surface area (Å²) in [6.07, 6.45) is 5.95. The van der Waals surface area contributed by atoms with Crippen LogP contribution >= 0.6 is 0 Å². The monoisotopic (exact) mass is 275 g/mol. The van der Waals surface area contributed by atoms with Crippen molar-refractivity contribution in [2.45, 2.75) is 38.6 Å². The molecule has 0 amide bonds. The van der Waals surface area contributed by atoms with E-state index < -0.39 is 0 Å². The maximum Gasteiger partial charge on any atom is 0.133 e. The minimum atomic E-state index is 0.571. The van der Waals surface area contributed by atoms with Gasteiger partial charge in [-0.3, -0.25) is 0 Å². The fourth-order valence-corrected chi connectivity index (χ4v) is 3.41. The number of hydrogen-bond donors (Lipinski definition) is 1. The molecule has 1 aliphatic heterocycles. The molecule has 2 N–H and O–H groups in total. The molecule has 1 unspecified atom stereocenters. The van der Waals surface area contributed by atoms with Gasteiger partial charge in [0.15, 0.2) is 0 Å². The number of pyridine rings is 1. The number of fused-ring (bicyclic) bond motifs is 1. The Balaban J connectivity index is 1.77. The summed E-state index contributed by atoms with van der Waals surface area (Å²) in [4.78, 5) is 7.17. The highest BCUT2D eigenvalue weighted by Gasteiger charge is 2.21. The number of aryl methyl sites for hydroxylation is 2. The number of ether oxygens (including phenoxy) is 1. The SMILES string of the molecule is CN(CC1CCCOC1)c1nc2c(cc1CN)CCC2. The normalized spacial score (nSPS) is 21.8. The Morgan fingerprint density at radius 1 is 1.40 bits per heavy atom. The minimum absolute atomic E-state index is 0.571. The fourth-order valence-electron chi connectivity index (χ4n) is 3.41. The molecule has 4 nitrogen and oxygen atoms in total. The second-order valence-corrected chi connectivity index (χ2v) is 6.10. The van der Waals surface area contributed by atoms with Gasteiger partial charge >= 0.3 is 0 Å². The second-order valence-electron chi connectivity index (χ2n) is 6.10. The van der Waals surface area contributed by atoms with E-state index >= 15 is 0 Å². The van der Waals surface area contributed by atoms with E-state index in [2.05, 4.69) is 18.0 Å². The zero-order valence-corrected chi connectivity index (χ0v) is 12.4. The van der Waals surface area contributed by atoms with Crippen molar-refractivity contribution in [1.82, 2.24) is 4.98 Å². The third-order valence-electron chi connectivity index (χ3n) is 4.48. The van der Waals surface area contributed by atoms with Gasteiger partial charge in [0.2, 0.25) is 0 Å². The molecule has 0 saturated carbocycles. The molecule has 110 valence electrons. The predicted octanol–water partition coefficient (Wildman–Crippen LogP) is 1.89. The number of anilines is 1. The lowest BCUT2D eigenvalue weighted by Gasteiger charge is -2.29. The third-order valence-corrected chi connectivity index (χ3v) is 4.48. The second kappa shape index (κ2) is 6.10. The van der Waals surface area contributed by atoms with Crippen LogP contribution in [0, 0.1) is 5.92 Å². The van der Waals surface area contributed by atoms with Crippen molar-refractivity contribution < 1.29 is 4.74 Å². The molecular weight excluding hydrogens is 250 g/mol. The summed E-state index contributed by atoms with van der Waals surface area (Å²) >= 11 is 0. The average molecular weight is 275 g/mol. The van der Waals surface area contributed by atoms with Crippen molar-refractivity contribution in [3.05, 3.63) is 22.9 Å². The van der Waals surface area contributed by atoms with Crippen molar-refractivity contribution in [3.8, 4) is 0 Å². The summed E-state index contributed by atoms with van der Waals surface area (Å²) in [6.45, 7) is 3.39. The van der Waals surface area contributed by atoms with Crippen molar-refractivity contribution in [2.75, 3.05) is 31.7 Å². The van der Waals surface area contributed by atoms with Gasteiger partial charge in [-0.15, -0.1) is 0 Å². The highest BCUT2D eigenvalue weighted by Crippen LogP contribution is 2.27. The molecule has 1 aliphatic carbocycles. The maximum absolute atomic E-state index is 5.92. The van der Waals surface area contributed by atoms with E-state index in [0.29, 0.717) is 12.5 Å². The van der Waals surface area contributed by atoms with Gasteiger partial charge in [0.1, 0.15) is 5.82 Å². The van der Waals surface area contributed by atoms with Crippen molar-refractivity contribution >= 4 is 5.82 Å². The summed E-state index contributed by atoms with van der Waals surface area (Å²) in [5, 5.41) is 0. The van der Waals surface area contributed by atoms with Gasteiger partial charge in [-0.25, -0.2) is 4.98 Å².